The van der Waals surface area contributed by atoms with Crippen LogP contribution in [-0.2, 0) is 11.2 Å². The van der Waals surface area contributed by atoms with Crippen LogP contribution in [0.4, 0.5) is 0 Å². The summed E-state index contributed by atoms with van der Waals surface area (Å²) in [5, 5.41) is 2.65. The largest absolute Gasteiger partial charge is 0.357 e. The average molecular weight is 234 g/mol. The molecule has 0 aliphatic heterocycles. The molecule has 0 bridgehead atoms. The second-order valence-electron chi connectivity index (χ2n) is 4.58. The summed E-state index contributed by atoms with van der Waals surface area (Å²) in [6.07, 6.45) is 2.40. The minimum absolute atomic E-state index is 0.0236. The number of aryl methyl sites for hydroxylation is 1. The molecule has 0 fully saturated rings. The third-order valence-corrected chi connectivity index (χ3v) is 3.47. The van der Waals surface area contributed by atoms with Gasteiger partial charge in [0.25, 0.3) is 0 Å². The predicted octanol–water partition coefficient (Wildman–Crippen LogP) is 1.62. The van der Waals surface area contributed by atoms with Crippen molar-refractivity contribution in [3.05, 3.63) is 23.0 Å². The van der Waals surface area contributed by atoms with E-state index in [9.17, 15) is 9.59 Å². The average Bonchev–Trinajstić information content (AvgIpc) is 2.65. The molecule has 1 aromatic rings. The summed E-state index contributed by atoms with van der Waals surface area (Å²) in [7, 11) is 1.63. The van der Waals surface area contributed by atoms with E-state index in [0.29, 0.717) is 6.42 Å². The number of fused-ring (bicyclic) bond motifs is 1. The molecule has 1 aromatic heterocycles. The standard InChI is InChI=1S/C13H18N2O2/c1-8-7-10-11(5-4-6-12(10)16)15(8)9(2)13(17)14-3/h7,9H,4-6H2,1-3H3,(H,14,17). The number of hydrogen-bond acceptors (Lipinski definition) is 2. The lowest BCUT2D eigenvalue weighted by atomic mass is 9.96. The molecule has 4 heteroatoms. The smallest absolute Gasteiger partial charge is 0.242 e. The Balaban J connectivity index is 2.48. The van der Waals surface area contributed by atoms with Gasteiger partial charge in [-0.1, -0.05) is 0 Å². The highest BCUT2D eigenvalue weighted by Crippen LogP contribution is 2.27. The number of nitrogens with zero attached hydrogens (tertiary/aromatic N) is 1. The van der Waals surface area contributed by atoms with Crippen molar-refractivity contribution in [3.8, 4) is 0 Å². The normalized spacial score (nSPS) is 16.5. The molecule has 1 aliphatic rings. The van der Waals surface area contributed by atoms with Crippen molar-refractivity contribution in [2.24, 2.45) is 0 Å². The highest BCUT2D eigenvalue weighted by Gasteiger charge is 2.26. The van der Waals surface area contributed by atoms with E-state index in [1.807, 2.05) is 24.5 Å². The summed E-state index contributed by atoms with van der Waals surface area (Å²) < 4.78 is 1.99. The van der Waals surface area contributed by atoms with Crippen LogP contribution in [0.25, 0.3) is 0 Å². The van der Waals surface area contributed by atoms with Crippen LogP contribution in [0.1, 0.15) is 47.6 Å². The SMILES string of the molecule is CNC(=O)C(C)n1c(C)cc2c1CCCC2=O. The number of likely N-dealkylation sites (N-methyl/N-ethyl adjacent to an activating group) is 1. The Kier molecular flexibility index (Phi) is 3.05. The molecule has 17 heavy (non-hydrogen) atoms. The molecule has 2 rings (SSSR count). The first-order valence-corrected chi connectivity index (χ1v) is 6.01. The second kappa shape index (κ2) is 4.35. The summed E-state index contributed by atoms with van der Waals surface area (Å²) >= 11 is 0. The highest BCUT2D eigenvalue weighted by molar-refractivity contribution is 5.98. The van der Waals surface area contributed by atoms with Crippen molar-refractivity contribution in [1.82, 2.24) is 9.88 Å². The Morgan fingerprint density at radius 2 is 2.18 bits per heavy atom. The molecule has 0 radical (unpaired) electrons. The maximum atomic E-state index is 11.8. The molecule has 0 spiro atoms. The second-order valence-corrected chi connectivity index (χ2v) is 4.58. The highest BCUT2D eigenvalue weighted by atomic mass is 16.2. The first-order chi connectivity index (χ1) is 8.06. The van der Waals surface area contributed by atoms with E-state index in [1.54, 1.807) is 7.05 Å². The van der Waals surface area contributed by atoms with Crippen molar-refractivity contribution in [2.45, 2.75) is 39.2 Å². The lowest BCUT2D eigenvalue weighted by molar-refractivity contribution is -0.123. The molecular formula is C13H18N2O2. The fourth-order valence-corrected chi connectivity index (χ4v) is 2.62. The zero-order valence-electron chi connectivity index (χ0n) is 10.5. The minimum Gasteiger partial charge on any atom is -0.357 e. The van der Waals surface area contributed by atoms with Crippen molar-refractivity contribution in [2.75, 3.05) is 7.05 Å². The van der Waals surface area contributed by atoms with Gasteiger partial charge in [-0.15, -0.1) is 0 Å². The van der Waals surface area contributed by atoms with Gasteiger partial charge < -0.3 is 9.88 Å². The van der Waals surface area contributed by atoms with Crippen molar-refractivity contribution in [1.29, 1.82) is 0 Å². The van der Waals surface area contributed by atoms with E-state index >= 15 is 0 Å². The van der Waals surface area contributed by atoms with Gasteiger partial charge in [0.1, 0.15) is 6.04 Å². The minimum atomic E-state index is -0.255. The molecular weight excluding hydrogens is 216 g/mol. The van der Waals surface area contributed by atoms with E-state index in [0.717, 1.165) is 29.8 Å². The maximum absolute atomic E-state index is 11.8. The summed E-state index contributed by atoms with van der Waals surface area (Å²) in [4.78, 5) is 23.5. The zero-order valence-corrected chi connectivity index (χ0v) is 10.5. The molecule has 1 amide bonds. The third kappa shape index (κ3) is 1.88. The van der Waals surface area contributed by atoms with Crippen LogP contribution < -0.4 is 5.32 Å². The molecule has 0 saturated carbocycles. The Morgan fingerprint density at radius 3 is 2.82 bits per heavy atom. The zero-order chi connectivity index (χ0) is 12.6. The number of hydrogen-bond donors (Lipinski definition) is 1. The number of carbonyl (C=O) groups is 2. The van der Waals surface area contributed by atoms with Crippen LogP contribution in [0.2, 0.25) is 0 Å². The van der Waals surface area contributed by atoms with Crippen LogP contribution in [0.3, 0.4) is 0 Å². The number of Topliss-reactive ketones (excluding diaryl/α,β-unsaturated/α-hetero) is 1. The molecule has 1 unspecified atom stereocenters. The number of aromatic nitrogens is 1. The van der Waals surface area contributed by atoms with Gasteiger partial charge in [0.2, 0.25) is 5.91 Å². The number of nitrogens with one attached hydrogen (secondary N) is 1. The Morgan fingerprint density at radius 1 is 1.47 bits per heavy atom. The lowest BCUT2D eigenvalue weighted by Gasteiger charge is -2.20. The number of ketones is 1. The van der Waals surface area contributed by atoms with E-state index in [-0.39, 0.29) is 17.7 Å². The van der Waals surface area contributed by atoms with Gasteiger partial charge in [0, 0.05) is 30.4 Å². The van der Waals surface area contributed by atoms with Gasteiger partial charge in [-0.2, -0.15) is 0 Å². The summed E-state index contributed by atoms with van der Waals surface area (Å²) in [6, 6.07) is 1.66. The maximum Gasteiger partial charge on any atom is 0.242 e. The van der Waals surface area contributed by atoms with Gasteiger partial charge in [-0.25, -0.2) is 0 Å². The number of amides is 1. The Bertz CT molecular complexity index is 474. The van der Waals surface area contributed by atoms with Gasteiger partial charge in [0.15, 0.2) is 5.78 Å². The van der Waals surface area contributed by atoms with Crippen LogP contribution in [0, 0.1) is 6.92 Å². The summed E-state index contributed by atoms with van der Waals surface area (Å²) in [5.74, 6) is 0.182. The summed E-state index contributed by atoms with van der Waals surface area (Å²) in [5.41, 5.74) is 2.82. The van der Waals surface area contributed by atoms with Crippen molar-refractivity contribution >= 4 is 11.7 Å². The van der Waals surface area contributed by atoms with E-state index in [1.165, 1.54) is 0 Å². The van der Waals surface area contributed by atoms with Crippen LogP contribution in [-0.4, -0.2) is 23.3 Å². The van der Waals surface area contributed by atoms with E-state index in [2.05, 4.69) is 5.32 Å². The lowest BCUT2D eigenvalue weighted by Crippen LogP contribution is -2.29. The number of rotatable bonds is 2. The predicted molar refractivity (Wildman–Crippen MR) is 65.2 cm³/mol. The van der Waals surface area contributed by atoms with E-state index in [4.69, 9.17) is 0 Å². The van der Waals surface area contributed by atoms with Crippen molar-refractivity contribution in [3.63, 3.8) is 0 Å². The summed E-state index contributed by atoms with van der Waals surface area (Å²) in [6.45, 7) is 3.82. The number of carbonyl (C=O) groups excluding carboxylic acids is 2. The fourth-order valence-electron chi connectivity index (χ4n) is 2.62. The van der Waals surface area contributed by atoms with Crippen LogP contribution in [0.5, 0.6) is 0 Å². The van der Waals surface area contributed by atoms with Gasteiger partial charge in [-0.3, -0.25) is 9.59 Å². The first kappa shape index (κ1) is 11.9. The molecule has 1 aliphatic carbocycles. The Hall–Kier alpha value is -1.58. The topological polar surface area (TPSA) is 51.1 Å². The van der Waals surface area contributed by atoms with Gasteiger partial charge in [-0.05, 0) is 32.8 Å². The van der Waals surface area contributed by atoms with E-state index < -0.39 is 0 Å². The third-order valence-electron chi connectivity index (χ3n) is 3.47. The molecule has 92 valence electrons. The fraction of sp³-hybridized carbons (Fsp3) is 0.538. The van der Waals surface area contributed by atoms with Gasteiger partial charge in [0.05, 0.1) is 0 Å². The molecule has 1 atom stereocenters. The van der Waals surface area contributed by atoms with Crippen molar-refractivity contribution < 1.29 is 9.59 Å². The molecule has 1 heterocycles. The molecule has 0 saturated heterocycles. The quantitative estimate of drug-likeness (QED) is 0.845. The Labute approximate surface area is 101 Å². The molecule has 1 N–H and O–H groups in total. The molecule has 0 aromatic carbocycles. The van der Waals surface area contributed by atoms with Crippen LogP contribution in [0.15, 0.2) is 6.07 Å². The first-order valence-electron chi connectivity index (χ1n) is 6.01. The monoisotopic (exact) mass is 234 g/mol. The molecule has 4 nitrogen and oxygen atoms in total. The van der Waals surface area contributed by atoms with Gasteiger partial charge >= 0.3 is 0 Å². The van der Waals surface area contributed by atoms with Crippen LogP contribution >= 0.6 is 0 Å².